The molecule has 3 heterocycles. The van der Waals surface area contributed by atoms with E-state index in [0.717, 1.165) is 30.3 Å². The number of hydrogen-bond donors (Lipinski definition) is 2. The second-order valence-electron chi connectivity index (χ2n) is 5.37. The molecule has 0 aliphatic carbocycles. The van der Waals surface area contributed by atoms with Crippen LogP contribution in [-0.4, -0.2) is 41.5 Å². The lowest BCUT2D eigenvalue weighted by Crippen LogP contribution is -2.39. The summed E-state index contributed by atoms with van der Waals surface area (Å²) in [5.74, 6) is 1.76. The number of rotatable bonds is 5. The van der Waals surface area contributed by atoms with Gasteiger partial charge in [-0.05, 0) is 36.2 Å². The van der Waals surface area contributed by atoms with Crippen LogP contribution in [0.3, 0.4) is 0 Å². The Bertz CT molecular complexity index is 775. The van der Waals surface area contributed by atoms with Crippen LogP contribution in [0, 0.1) is 0 Å². The van der Waals surface area contributed by atoms with Crippen LogP contribution < -0.4 is 5.32 Å². The van der Waals surface area contributed by atoms with Crippen LogP contribution in [0.4, 0.5) is 0 Å². The Balaban J connectivity index is 1.56. The van der Waals surface area contributed by atoms with Crippen LogP contribution in [-0.2, 0) is 13.0 Å². The number of furan rings is 1. The monoisotopic (exact) mass is 311 g/mol. The molecule has 0 saturated carbocycles. The second-order valence-corrected chi connectivity index (χ2v) is 5.37. The second kappa shape index (κ2) is 7.00. The summed E-state index contributed by atoms with van der Waals surface area (Å²) in [6.45, 7) is 1.49. The van der Waals surface area contributed by atoms with Crippen molar-refractivity contribution in [3.63, 3.8) is 0 Å². The summed E-state index contributed by atoms with van der Waals surface area (Å²) in [5.41, 5.74) is 2.19. The molecular formula is C17H21N5O. The van der Waals surface area contributed by atoms with Crippen LogP contribution in [0.1, 0.15) is 11.3 Å². The van der Waals surface area contributed by atoms with E-state index in [0.29, 0.717) is 6.54 Å². The maximum absolute atomic E-state index is 5.37. The van der Waals surface area contributed by atoms with Gasteiger partial charge in [0.25, 0.3) is 0 Å². The minimum absolute atomic E-state index is 0.684. The summed E-state index contributed by atoms with van der Waals surface area (Å²) in [4.78, 5) is 13.9. The van der Waals surface area contributed by atoms with Crippen molar-refractivity contribution in [2.75, 3.05) is 20.6 Å². The number of nitrogens with zero attached hydrogens (tertiary/aromatic N) is 3. The van der Waals surface area contributed by atoms with Gasteiger partial charge in [0.15, 0.2) is 5.96 Å². The number of hydrogen-bond acceptors (Lipinski definition) is 3. The molecule has 3 aromatic rings. The van der Waals surface area contributed by atoms with Gasteiger partial charge in [0, 0.05) is 38.4 Å². The SMILES string of the molecule is CN=C(NCCc1c[nH]c2ncccc12)N(C)Cc1ccco1. The van der Waals surface area contributed by atoms with Gasteiger partial charge >= 0.3 is 0 Å². The zero-order valence-corrected chi connectivity index (χ0v) is 13.4. The Kier molecular flexibility index (Phi) is 4.61. The molecule has 0 aliphatic heterocycles. The molecule has 0 aromatic carbocycles. The Morgan fingerprint density at radius 1 is 1.39 bits per heavy atom. The summed E-state index contributed by atoms with van der Waals surface area (Å²) in [6, 6.07) is 7.91. The van der Waals surface area contributed by atoms with Gasteiger partial charge in [0.1, 0.15) is 11.4 Å². The summed E-state index contributed by atoms with van der Waals surface area (Å²) in [7, 11) is 3.78. The summed E-state index contributed by atoms with van der Waals surface area (Å²) in [6.07, 6.45) is 6.41. The highest BCUT2D eigenvalue weighted by Crippen LogP contribution is 2.15. The number of H-pyrrole nitrogens is 1. The predicted octanol–water partition coefficient (Wildman–Crippen LogP) is 2.41. The molecule has 3 rings (SSSR count). The lowest BCUT2D eigenvalue weighted by molar-refractivity contribution is 0.400. The lowest BCUT2D eigenvalue weighted by Gasteiger charge is -2.21. The molecule has 2 N–H and O–H groups in total. The van der Waals surface area contributed by atoms with Gasteiger partial charge in [-0.2, -0.15) is 0 Å². The van der Waals surface area contributed by atoms with Crippen molar-refractivity contribution in [1.29, 1.82) is 0 Å². The molecule has 0 radical (unpaired) electrons. The number of guanidine groups is 1. The van der Waals surface area contributed by atoms with E-state index in [9.17, 15) is 0 Å². The average molecular weight is 311 g/mol. The molecule has 6 nitrogen and oxygen atoms in total. The fraction of sp³-hybridized carbons (Fsp3) is 0.294. The Morgan fingerprint density at radius 2 is 2.30 bits per heavy atom. The lowest BCUT2D eigenvalue weighted by atomic mass is 10.1. The topological polar surface area (TPSA) is 69.5 Å². The standard InChI is InChI=1S/C17H21N5O/c1-18-17(22(2)12-14-5-4-10-23-14)20-9-7-13-11-21-16-15(13)6-3-8-19-16/h3-6,8,10-11H,7,9,12H2,1-2H3,(H,18,20)(H,19,21). The van der Waals surface area contributed by atoms with E-state index >= 15 is 0 Å². The number of aromatic amines is 1. The van der Waals surface area contributed by atoms with Crippen LogP contribution in [0.5, 0.6) is 0 Å². The van der Waals surface area contributed by atoms with Crippen molar-refractivity contribution in [2.45, 2.75) is 13.0 Å². The zero-order valence-electron chi connectivity index (χ0n) is 13.4. The molecule has 0 fully saturated rings. The van der Waals surface area contributed by atoms with Gasteiger partial charge in [0.2, 0.25) is 0 Å². The summed E-state index contributed by atoms with van der Waals surface area (Å²) in [5, 5.41) is 4.56. The largest absolute Gasteiger partial charge is 0.467 e. The smallest absolute Gasteiger partial charge is 0.193 e. The number of nitrogens with one attached hydrogen (secondary N) is 2. The summed E-state index contributed by atoms with van der Waals surface area (Å²) >= 11 is 0. The van der Waals surface area contributed by atoms with E-state index in [-0.39, 0.29) is 0 Å². The molecule has 0 amide bonds. The maximum atomic E-state index is 5.37. The molecule has 0 spiro atoms. The Hall–Kier alpha value is -2.76. The van der Waals surface area contributed by atoms with Crippen molar-refractivity contribution in [1.82, 2.24) is 20.2 Å². The minimum atomic E-state index is 0.684. The molecule has 3 aromatic heterocycles. The van der Waals surface area contributed by atoms with Gasteiger partial charge < -0.3 is 19.6 Å². The molecule has 23 heavy (non-hydrogen) atoms. The highest BCUT2D eigenvalue weighted by Gasteiger charge is 2.09. The molecule has 6 heteroatoms. The highest BCUT2D eigenvalue weighted by atomic mass is 16.3. The first kappa shape index (κ1) is 15.1. The minimum Gasteiger partial charge on any atom is -0.467 e. The fourth-order valence-electron chi connectivity index (χ4n) is 2.62. The van der Waals surface area contributed by atoms with Crippen LogP contribution in [0.15, 0.2) is 52.3 Å². The number of aromatic nitrogens is 2. The molecular weight excluding hydrogens is 290 g/mol. The number of fused-ring (bicyclic) bond motifs is 1. The molecule has 0 aliphatic rings. The van der Waals surface area contributed by atoms with Gasteiger partial charge in [-0.25, -0.2) is 4.98 Å². The van der Waals surface area contributed by atoms with Crippen molar-refractivity contribution < 1.29 is 4.42 Å². The zero-order chi connectivity index (χ0) is 16.1. The Labute approximate surface area is 135 Å². The Morgan fingerprint density at radius 3 is 3.09 bits per heavy atom. The van der Waals surface area contributed by atoms with E-state index in [1.165, 1.54) is 10.9 Å². The van der Waals surface area contributed by atoms with Crippen molar-refractivity contribution in [3.05, 3.63) is 54.2 Å². The first-order chi connectivity index (χ1) is 11.3. The van der Waals surface area contributed by atoms with E-state index in [2.05, 4.69) is 26.3 Å². The van der Waals surface area contributed by atoms with E-state index in [4.69, 9.17) is 4.42 Å². The molecule has 0 unspecified atom stereocenters. The number of pyridine rings is 1. The van der Waals surface area contributed by atoms with Crippen LogP contribution in [0.2, 0.25) is 0 Å². The van der Waals surface area contributed by atoms with Crippen LogP contribution >= 0.6 is 0 Å². The average Bonchev–Trinajstić information content (AvgIpc) is 3.21. The number of aliphatic imine (C=N–C) groups is 1. The molecule has 0 atom stereocenters. The fourth-order valence-corrected chi connectivity index (χ4v) is 2.62. The summed E-state index contributed by atoms with van der Waals surface area (Å²) < 4.78 is 5.37. The maximum Gasteiger partial charge on any atom is 0.193 e. The van der Waals surface area contributed by atoms with Gasteiger partial charge in [-0.3, -0.25) is 4.99 Å². The van der Waals surface area contributed by atoms with Crippen molar-refractivity contribution >= 4 is 17.0 Å². The van der Waals surface area contributed by atoms with E-state index < -0.39 is 0 Å². The third-order valence-electron chi connectivity index (χ3n) is 3.76. The van der Waals surface area contributed by atoms with Gasteiger partial charge in [-0.1, -0.05) is 0 Å². The van der Waals surface area contributed by atoms with Crippen molar-refractivity contribution in [3.8, 4) is 0 Å². The van der Waals surface area contributed by atoms with Gasteiger partial charge in [0.05, 0.1) is 12.8 Å². The van der Waals surface area contributed by atoms with E-state index in [1.54, 1.807) is 19.5 Å². The first-order valence-corrected chi connectivity index (χ1v) is 7.63. The predicted molar refractivity (Wildman–Crippen MR) is 91.3 cm³/mol. The normalized spacial score (nSPS) is 11.8. The quantitative estimate of drug-likeness (QED) is 0.561. The third kappa shape index (κ3) is 3.53. The molecule has 0 saturated heterocycles. The van der Waals surface area contributed by atoms with Crippen molar-refractivity contribution in [2.24, 2.45) is 4.99 Å². The van der Waals surface area contributed by atoms with Gasteiger partial charge in [-0.15, -0.1) is 0 Å². The van der Waals surface area contributed by atoms with Crippen LogP contribution in [0.25, 0.3) is 11.0 Å². The van der Waals surface area contributed by atoms with E-state index in [1.807, 2.05) is 36.3 Å². The first-order valence-electron chi connectivity index (χ1n) is 7.63. The molecule has 0 bridgehead atoms. The highest BCUT2D eigenvalue weighted by molar-refractivity contribution is 5.80. The third-order valence-corrected chi connectivity index (χ3v) is 3.76. The molecule has 120 valence electrons.